The number of nitrogens with zero attached hydrogens (tertiary/aromatic N) is 1. The van der Waals surface area contributed by atoms with Crippen molar-refractivity contribution in [2.45, 2.75) is 65.2 Å². The molecule has 0 N–H and O–H groups in total. The normalized spacial score (nSPS) is 33.3. The van der Waals surface area contributed by atoms with Gasteiger partial charge in [-0.3, -0.25) is 0 Å². The fourth-order valence-electron chi connectivity index (χ4n) is 3.71. The Kier molecular flexibility index (Phi) is 5.60. The summed E-state index contributed by atoms with van der Waals surface area (Å²) in [6.07, 6.45) is -0.576. The van der Waals surface area contributed by atoms with E-state index in [-0.39, 0.29) is 30.7 Å². The number of hydrogen-bond acceptors (Lipinski definition) is 3. The van der Waals surface area contributed by atoms with E-state index in [9.17, 15) is 8.78 Å². The first-order valence-electron chi connectivity index (χ1n) is 7.94. The molecule has 5 heteroatoms. The standard InChI is InChI=1S/C16H27F2NO2/c1-5-11-13(6-2)21-14-9-20-8-12(14)19(7-15(17)18)16(11)10(3)4/h11-15H,5-9H2,1-4H3. The van der Waals surface area contributed by atoms with E-state index in [0.29, 0.717) is 13.2 Å². The third-order valence-electron chi connectivity index (χ3n) is 4.55. The fourth-order valence-corrected chi connectivity index (χ4v) is 3.71. The molecule has 2 aliphatic heterocycles. The Morgan fingerprint density at radius 1 is 1.24 bits per heavy atom. The Morgan fingerprint density at radius 3 is 2.48 bits per heavy atom. The largest absolute Gasteiger partial charge is 0.376 e. The summed E-state index contributed by atoms with van der Waals surface area (Å²) in [5, 5.41) is 0. The molecule has 0 saturated carbocycles. The number of allylic oxidation sites excluding steroid dienone is 1. The number of alkyl halides is 2. The van der Waals surface area contributed by atoms with E-state index < -0.39 is 6.43 Å². The SMILES string of the molecule is CCC1OC2COCC2N(CC(F)F)C(=C(C)C)C1CC. The Morgan fingerprint density at radius 2 is 1.95 bits per heavy atom. The molecule has 2 saturated heterocycles. The molecule has 4 atom stereocenters. The van der Waals surface area contributed by atoms with Crippen molar-refractivity contribution in [2.75, 3.05) is 19.8 Å². The maximum atomic E-state index is 13.1. The van der Waals surface area contributed by atoms with Crippen LogP contribution in [-0.4, -0.2) is 49.3 Å². The van der Waals surface area contributed by atoms with Gasteiger partial charge >= 0.3 is 0 Å². The maximum Gasteiger partial charge on any atom is 0.255 e. The van der Waals surface area contributed by atoms with Crippen molar-refractivity contribution in [3.05, 3.63) is 11.3 Å². The van der Waals surface area contributed by atoms with Crippen LogP contribution in [0.15, 0.2) is 11.3 Å². The second kappa shape index (κ2) is 7.05. The predicted octanol–water partition coefficient (Wildman–Crippen LogP) is 3.45. The minimum Gasteiger partial charge on any atom is -0.376 e. The molecule has 2 aliphatic rings. The smallest absolute Gasteiger partial charge is 0.255 e. The lowest BCUT2D eigenvalue weighted by atomic mass is 9.90. The zero-order valence-corrected chi connectivity index (χ0v) is 13.4. The average Bonchev–Trinajstić information content (AvgIpc) is 2.83. The molecule has 0 bridgehead atoms. The summed E-state index contributed by atoms with van der Waals surface area (Å²) in [4.78, 5) is 1.88. The van der Waals surface area contributed by atoms with E-state index in [1.165, 1.54) is 0 Å². The molecule has 0 radical (unpaired) electrons. The molecule has 4 unspecified atom stereocenters. The zero-order valence-electron chi connectivity index (χ0n) is 13.4. The summed E-state index contributed by atoms with van der Waals surface area (Å²) in [7, 11) is 0. The molecule has 2 rings (SSSR count). The van der Waals surface area contributed by atoms with Crippen molar-refractivity contribution in [3.8, 4) is 0 Å². The van der Waals surface area contributed by atoms with E-state index in [4.69, 9.17) is 9.47 Å². The topological polar surface area (TPSA) is 21.7 Å². The van der Waals surface area contributed by atoms with Gasteiger partial charge in [0, 0.05) is 11.6 Å². The quantitative estimate of drug-likeness (QED) is 0.794. The van der Waals surface area contributed by atoms with Crippen LogP contribution in [0.4, 0.5) is 8.78 Å². The van der Waals surface area contributed by atoms with Gasteiger partial charge in [-0.25, -0.2) is 8.78 Å². The van der Waals surface area contributed by atoms with Crippen LogP contribution in [0, 0.1) is 5.92 Å². The minimum atomic E-state index is -2.35. The van der Waals surface area contributed by atoms with E-state index >= 15 is 0 Å². The average molecular weight is 303 g/mol. The Bertz CT molecular complexity index is 382. The van der Waals surface area contributed by atoms with Crippen LogP contribution in [0.25, 0.3) is 0 Å². The highest BCUT2D eigenvalue weighted by Crippen LogP contribution is 2.37. The second-order valence-corrected chi connectivity index (χ2v) is 6.17. The van der Waals surface area contributed by atoms with Gasteiger partial charge in [-0.1, -0.05) is 19.4 Å². The Hall–Kier alpha value is -0.680. The van der Waals surface area contributed by atoms with Crippen LogP contribution in [0.3, 0.4) is 0 Å². The maximum absolute atomic E-state index is 13.1. The summed E-state index contributed by atoms with van der Waals surface area (Å²) in [5.74, 6) is 0.185. The first kappa shape index (κ1) is 16.7. The van der Waals surface area contributed by atoms with Crippen molar-refractivity contribution < 1.29 is 18.3 Å². The highest BCUT2D eigenvalue weighted by atomic mass is 19.3. The highest BCUT2D eigenvalue weighted by Gasteiger charge is 2.44. The summed E-state index contributed by atoms with van der Waals surface area (Å²) >= 11 is 0. The van der Waals surface area contributed by atoms with Gasteiger partial charge in [0.15, 0.2) is 0 Å². The number of hydrogen-bond donors (Lipinski definition) is 0. The molecular weight excluding hydrogens is 276 g/mol. The molecule has 3 nitrogen and oxygen atoms in total. The second-order valence-electron chi connectivity index (χ2n) is 6.17. The van der Waals surface area contributed by atoms with Crippen LogP contribution >= 0.6 is 0 Å². The molecule has 2 fully saturated rings. The third-order valence-corrected chi connectivity index (χ3v) is 4.55. The van der Waals surface area contributed by atoms with Gasteiger partial charge in [-0.2, -0.15) is 0 Å². The number of ether oxygens (including phenoxy) is 2. The van der Waals surface area contributed by atoms with E-state index in [1.807, 2.05) is 18.7 Å². The molecule has 122 valence electrons. The molecule has 0 aromatic heterocycles. The molecule has 0 amide bonds. The predicted molar refractivity (Wildman–Crippen MR) is 78.4 cm³/mol. The van der Waals surface area contributed by atoms with Gasteiger partial charge < -0.3 is 14.4 Å². The molecule has 0 aromatic carbocycles. The van der Waals surface area contributed by atoms with Crippen molar-refractivity contribution in [2.24, 2.45) is 5.92 Å². The van der Waals surface area contributed by atoms with Crippen LogP contribution in [0.2, 0.25) is 0 Å². The van der Waals surface area contributed by atoms with Gasteiger partial charge in [0.05, 0.1) is 31.9 Å². The summed E-state index contributed by atoms with van der Waals surface area (Å²) < 4.78 is 38.0. The number of halogens is 2. The van der Waals surface area contributed by atoms with Gasteiger partial charge in [0.1, 0.15) is 6.10 Å². The molecule has 21 heavy (non-hydrogen) atoms. The van der Waals surface area contributed by atoms with Crippen LogP contribution in [0.1, 0.15) is 40.5 Å². The molecule has 2 heterocycles. The first-order chi connectivity index (χ1) is 9.99. The summed E-state index contributed by atoms with van der Waals surface area (Å²) in [6.45, 7) is 8.98. The number of fused-ring (bicyclic) bond motifs is 1. The fraction of sp³-hybridized carbons (Fsp3) is 0.875. The van der Waals surface area contributed by atoms with E-state index in [2.05, 4.69) is 13.8 Å². The van der Waals surface area contributed by atoms with Gasteiger partial charge in [0.2, 0.25) is 0 Å². The van der Waals surface area contributed by atoms with Crippen molar-refractivity contribution in [3.63, 3.8) is 0 Å². The monoisotopic (exact) mass is 303 g/mol. The van der Waals surface area contributed by atoms with Crippen molar-refractivity contribution >= 4 is 0 Å². The van der Waals surface area contributed by atoms with Crippen LogP contribution in [-0.2, 0) is 9.47 Å². The lowest BCUT2D eigenvalue weighted by Gasteiger charge is -2.36. The van der Waals surface area contributed by atoms with Crippen LogP contribution in [0.5, 0.6) is 0 Å². The Labute approximate surface area is 126 Å². The minimum absolute atomic E-state index is 0.0803. The molecule has 0 aromatic rings. The summed E-state index contributed by atoms with van der Waals surface area (Å²) in [6, 6.07) is -0.0884. The van der Waals surface area contributed by atoms with Crippen molar-refractivity contribution in [1.82, 2.24) is 4.90 Å². The lowest BCUT2D eigenvalue weighted by molar-refractivity contribution is -0.0399. The van der Waals surface area contributed by atoms with E-state index in [0.717, 1.165) is 24.1 Å². The lowest BCUT2D eigenvalue weighted by Crippen LogP contribution is -2.44. The first-order valence-corrected chi connectivity index (χ1v) is 7.94. The third kappa shape index (κ3) is 3.39. The van der Waals surface area contributed by atoms with Crippen molar-refractivity contribution in [1.29, 1.82) is 0 Å². The van der Waals surface area contributed by atoms with Gasteiger partial charge in [-0.15, -0.1) is 0 Å². The molecular formula is C16H27F2NO2. The zero-order chi connectivity index (χ0) is 15.6. The number of rotatable bonds is 4. The highest BCUT2D eigenvalue weighted by molar-refractivity contribution is 5.18. The molecule has 0 spiro atoms. The Balaban J connectivity index is 2.43. The van der Waals surface area contributed by atoms with Crippen LogP contribution < -0.4 is 0 Å². The summed E-state index contributed by atoms with van der Waals surface area (Å²) in [5.41, 5.74) is 2.15. The van der Waals surface area contributed by atoms with E-state index in [1.54, 1.807) is 0 Å². The molecule has 0 aliphatic carbocycles. The van der Waals surface area contributed by atoms with Gasteiger partial charge in [-0.05, 0) is 26.7 Å². The van der Waals surface area contributed by atoms with Gasteiger partial charge in [0.25, 0.3) is 6.43 Å².